The lowest BCUT2D eigenvalue weighted by Crippen LogP contribution is -2.52. The van der Waals surface area contributed by atoms with E-state index in [0.29, 0.717) is 5.41 Å². The fourth-order valence-corrected chi connectivity index (χ4v) is 8.84. The molecule has 3 fully saturated rings. The van der Waals surface area contributed by atoms with Gasteiger partial charge in [-0.2, -0.15) is 12.6 Å². The smallest absolute Gasteiger partial charge is 0.178 e. The van der Waals surface area contributed by atoms with E-state index in [9.17, 15) is 4.79 Å². The van der Waals surface area contributed by atoms with Crippen LogP contribution in [0.3, 0.4) is 0 Å². The summed E-state index contributed by atoms with van der Waals surface area (Å²) in [4.78, 5) is 23.8. The van der Waals surface area contributed by atoms with Crippen molar-refractivity contribution in [1.29, 1.82) is 0 Å². The quantitative estimate of drug-likeness (QED) is 0.271. The number of rotatable bonds is 4. The zero-order chi connectivity index (χ0) is 29.2. The van der Waals surface area contributed by atoms with E-state index in [-0.39, 0.29) is 11.2 Å². The van der Waals surface area contributed by atoms with Crippen molar-refractivity contribution in [2.24, 2.45) is 45.4 Å². The summed E-state index contributed by atoms with van der Waals surface area (Å²) in [5, 5.41) is 2.08. The Labute approximate surface area is 248 Å². The number of thioether (sulfide) groups is 1. The minimum absolute atomic E-state index is 0.142. The van der Waals surface area contributed by atoms with Gasteiger partial charge in [-0.15, -0.1) is 11.8 Å². The average Bonchev–Trinajstić information content (AvgIpc) is 3.26. The predicted molar refractivity (Wildman–Crippen MR) is 175 cm³/mol. The molecule has 0 aromatic rings. The summed E-state index contributed by atoms with van der Waals surface area (Å²) >= 11 is 5.29. The third-order valence-electron chi connectivity index (χ3n) is 10.1. The first-order chi connectivity index (χ1) is 18.7. The van der Waals surface area contributed by atoms with E-state index in [1.807, 2.05) is 18.9 Å². The predicted octanol–water partition coefficient (Wildman–Crippen LogP) is 9.10. The number of fused-ring (bicyclic) bond motifs is 5. The molecule has 3 nitrogen and oxygen atoms in total. The van der Waals surface area contributed by atoms with Crippen LogP contribution in [0, 0.1) is 40.4 Å². The Morgan fingerprint density at radius 1 is 1.15 bits per heavy atom. The van der Waals surface area contributed by atoms with E-state index >= 15 is 0 Å². The molecule has 5 heteroatoms. The van der Waals surface area contributed by atoms with E-state index in [0.717, 1.165) is 60.3 Å². The lowest BCUT2D eigenvalue weighted by atomic mass is 9.45. The zero-order valence-corrected chi connectivity index (χ0v) is 26.8. The summed E-state index contributed by atoms with van der Waals surface area (Å²) < 4.78 is 0. The van der Waals surface area contributed by atoms with E-state index in [2.05, 4.69) is 88.7 Å². The van der Waals surface area contributed by atoms with Gasteiger partial charge in [0, 0.05) is 5.41 Å². The molecule has 0 radical (unpaired) electrons. The summed E-state index contributed by atoms with van der Waals surface area (Å²) in [6.45, 7) is 17.7. The summed E-state index contributed by atoms with van der Waals surface area (Å²) in [7, 11) is 0. The first-order valence-electron chi connectivity index (χ1n) is 14.6. The van der Waals surface area contributed by atoms with Crippen LogP contribution in [0.1, 0.15) is 79.6 Å². The summed E-state index contributed by atoms with van der Waals surface area (Å²) in [5.74, 6) is 5.43. The van der Waals surface area contributed by atoms with Gasteiger partial charge in [0.15, 0.2) is 5.78 Å². The highest BCUT2D eigenvalue weighted by molar-refractivity contribution is 8.02. The molecule has 0 amide bonds. The second-order valence-corrected chi connectivity index (χ2v) is 13.1. The van der Waals surface area contributed by atoms with Gasteiger partial charge in [-0.3, -0.25) is 9.79 Å². The molecule has 5 aliphatic rings. The van der Waals surface area contributed by atoms with Crippen molar-refractivity contribution in [3.8, 4) is 0 Å². The molecular formula is C34H51NO2S2. The second-order valence-electron chi connectivity index (χ2n) is 11.9. The molecule has 39 heavy (non-hydrogen) atoms. The standard InChI is InChI=1S/C21H30O.C11H15NS.CH2O.CH4S/c1-13-12-21(4)14(2)5-8-18(21)17-7-6-15-11-16(22)9-10-20(15,3)19(13)17;1-3-13-9-11(12-2)10-7-5-4-6-8-10;2*1-2/h9-11,13-14,17-19H,5-8,12H2,1-4H3;5,7-9H,2-4,6H2,1H3;1H2;2H,1H3/b;11-9-;;. The lowest BCUT2D eigenvalue weighted by molar-refractivity contribution is -0.111. The summed E-state index contributed by atoms with van der Waals surface area (Å²) in [6, 6.07) is 0. The Morgan fingerprint density at radius 2 is 1.87 bits per heavy atom. The first-order valence-corrected chi connectivity index (χ1v) is 16.5. The van der Waals surface area contributed by atoms with Gasteiger partial charge in [0.2, 0.25) is 0 Å². The summed E-state index contributed by atoms with van der Waals surface area (Å²) in [6.07, 6.45) is 23.2. The Morgan fingerprint density at radius 3 is 2.49 bits per heavy atom. The Balaban J connectivity index is 0.000000270. The number of ketones is 1. The molecule has 0 spiro atoms. The molecule has 5 rings (SSSR count). The number of carbonyl (C=O) groups is 2. The highest BCUT2D eigenvalue weighted by Crippen LogP contribution is 2.67. The van der Waals surface area contributed by atoms with Crippen LogP contribution in [0.4, 0.5) is 0 Å². The largest absolute Gasteiger partial charge is 0.307 e. The van der Waals surface area contributed by atoms with Gasteiger partial charge in [0.25, 0.3) is 0 Å². The van der Waals surface area contributed by atoms with E-state index in [1.165, 1.54) is 36.8 Å². The topological polar surface area (TPSA) is 46.5 Å². The molecule has 0 aliphatic heterocycles. The van der Waals surface area contributed by atoms with Crippen LogP contribution in [-0.2, 0) is 9.59 Å². The highest BCUT2D eigenvalue weighted by atomic mass is 32.2. The Bertz CT molecular complexity index is 1010. The molecule has 7 unspecified atom stereocenters. The van der Waals surface area contributed by atoms with Crippen molar-refractivity contribution in [2.75, 3.05) is 12.0 Å². The fourth-order valence-electron chi connectivity index (χ4n) is 8.31. The van der Waals surface area contributed by atoms with E-state index < -0.39 is 0 Å². The van der Waals surface area contributed by atoms with Gasteiger partial charge < -0.3 is 4.79 Å². The number of allylic oxidation sites excluding steroid dienone is 7. The number of hydrogen-bond donors (Lipinski definition) is 1. The first kappa shape index (κ1) is 33.6. The Hall–Kier alpha value is -1.59. The molecule has 0 saturated heterocycles. The number of aliphatic imine (C=N–C) groups is 1. The van der Waals surface area contributed by atoms with Crippen molar-refractivity contribution >= 4 is 43.7 Å². The van der Waals surface area contributed by atoms with Crippen molar-refractivity contribution in [2.45, 2.75) is 79.6 Å². The van der Waals surface area contributed by atoms with Crippen LogP contribution in [-0.4, -0.2) is 31.3 Å². The van der Waals surface area contributed by atoms with Gasteiger partial charge in [-0.1, -0.05) is 64.5 Å². The molecule has 0 N–H and O–H groups in total. The maximum atomic E-state index is 11.8. The zero-order valence-electron chi connectivity index (χ0n) is 25.1. The number of thiol groups is 1. The van der Waals surface area contributed by atoms with E-state index in [4.69, 9.17) is 4.79 Å². The molecule has 7 atom stereocenters. The lowest BCUT2D eigenvalue weighted by Gasteiger charge is -2.59. The number of hydrogen-bond acceptors (Lipinski definition) is 5. The molecule has 3 saturated carbocycles. The monoisotopic (exact) mass is 569 g/mol. The SMILES string of the molecule is C=N/C(=C\SCC)C1=CCCC=C1.C=O.CC1CC2(C)C(C)CCC2C2CCC3=CC(=O)C=CC3(C)C12.CS. The normalized spacial score (nSPS) is 36.1. The van der Waals surface area contributed by atoms with Gasteiger partial charge in [0.1, 0.15) is 6.79 Å². The molecule has 0 heterocycles. The minimum Gasteiger partial charge on any atom is -0.307 e. The van der Waals surface area contributed by atoms with Crippen LogP contribution < -0.4 is 0 Å². The third kappa shape index (κ3) is 7.19. The van der Waals surface area contributed by atoms with Crippen molar-refractivity contribution in [3.63, 3.8) is 0 Å². The maximum absolute atomic E-state index is 11.8. The van der Waals surface area contributed by atoms with Crippen LogP contribution in [0.25, 0.3) is 0 Å². The number of nitrogens with zero attached hydrogens (tertiary/aromatic N) is 1. The minimum atomic E-state index is 0.142. The highest BCUT2D eigenvalue weighted by Gasteiger charge is 2.59. The Kier molecular flexibility index (Phi) is 13.3. The van der Waals surface area contributed by atoms with Crippen LogP contribution in [0.15, 0.2) is 63.7 Å². The van der Waals surface area contributed by atoms with Gasteiger partial charge in [-0.05, 0) is 122 Å². The van der Waals surface area contributed by atoms with Crippen LogP contribution in [0.2, 0.25) is 0 Å². The molecular weight excluding hydrogens is 519 g/mol. The summed E-state index contributed by atoms with van der Waals surface area (Å²) in [5.41, 5.74) is 4.34. The molecule has 5 aliphatic carbocycles. The molecule has 0 aromatic heterocycles. The van der Waals surface area contributed by atoms with Gasteiger partial charge >= 0.3 is 0 Å². The van der Waals surface area contributed by atoms with Crippen molar-refractivity contribution < 1.29 is 9.59 Å². The fraction of sp³-hybridized carbons (Fsp3) is 0.618. The second kappa shape index (κ2) is 15.4. The van der Waals surface area contributed by atoms with Crippen molar-refractivity contribution in [3.05, 3.63) is 58.7 Å². The van der Waals surface area contributed by atoms with E-state index in [1.54, 1.807) is 18.0 Å². The van der Waals surface area contributed by atoms with Gasteiger partial charge in [0.05, 0.1) is 5.70 Å². The number of carbonyl (C=O) groups excluding carboxylic acids is 2. The van der Waals surface area contributed by atoms with Crippen LogP contribution in [0.5, 0.6) is 0 Å². The van der Waals surface area contributed by atoms with Crippen molar-refractivity contribution in [1.82, 2.24) is 0 Å². The maximum Gasteiger partial charge on any atom is 0.178 e. The molecule has 0 bridgehead atoms. The molecule has 216 valence electrons. The molecule has 0 aromatic carbocycles. The van der Waals surface area contributed by atoms with Crippen LogP contribution >= 0.6 is 24.4 Å². The van der Waals surface area contributed by atoms with Gasteiger partial charge in [-0.25, -0.2) is 0 Å². The average molecular weight is 570 g/mol. The third-order valence-corrected chi connectivity index (χ3v) is 10.8.